The van der Waals surface area contributed by atoms with E-state index in [1.807, 2.05) is 12.1 Å². The first-order chi connectivity index (χ1) is 10.8. The fourth-order valence-electron chi connectivity index (χ4n) is 1.62. The largest absolute Gasteiger partial charge is 0.300 e. The molecule has 4 nitrogen and oxygen atoms in total. The minimum atomic E-state index is -0.0910. The number of rotatable bonds is 5. The number of carbonyl (C=O) groups excluding carboxylic acids is 1. The SMILES string of the molecule is CC(C)(C)c1nnc(NC(=O)CSCc2ccc(Cl)c(Cl)c2)s1. The van der Waals surface area contributed by atoms with E-state index in [0.29, 0.717) is 26.7 Å². The highest BCUT2D eigenvalue weighted by molar-refractivity contribution is 7.99. The van der Waals surface area contributed by atoms with E-state index in [1.54, 1.807) is 6.07 Å². The Labute approximate surface area is 154 Å². The number of benzene rings is 1. The molecule has 0 unspecified atom stereocenters. The molecule has 0 aliphatic carbocycles. The zero-order valence-electron chi connectivity index (χ0n) is 13.0. The zero-order valence-corrected chi connectivity index (χ0v) is 16.2. The lowest BCUT2D eigenvalue weighted by atomic mass is 9.98. The highest BCUT2D eigenvalue weighted by Crippen LogP contribution is 2.28. The summed E-state index contributed by atoms with van der Waals surface area (Å²) < 4.78 is 0. The summed E-state index contributed by atoms with van der Waals surface area (Å²) in [6.07, 6.45) is 0. The first-order valence-electron chi connectivity index (χ1n) is 6.91. The molecule has 1 heterocycles. The van der Waals surface area contributed by atoms with E-state index in [9.17, 15) is 4.79 Å². The van der Waals surface area contributed by atoms with E-state index < -0.39 is 0 Å². The predicted molar refractivity (Wildman–Crippen MR) is 99.9 cm³/mol. The van der Waals surface area contributed by atoms with E-state index >= 15 is 0 Å². The number of halogens is 2. The number of hydrogen-bond donors (Lipinski definition) is 1. The summed E-state index contributed by atoms with van der Waals surface area (Å²) >= 11 is 14.8. The van der Waals surface area contributed by atoms with Gasteiger partial charge in [-0.1, -0.05) is 61.4 Å². The molecule has 1 N–H and O–H groups in total. The van der Waals surface area contributed by atoms with Crippen molar-refractivity contribution in [2.45, 2.75) is 31.9 Å². The molecular weight excluding hydrogens is 373 g/mol. The third-order valence-corrected chi connectivity index (χ3v) is 5.81. The molecule has 2 rings (SSSR count). The molecule has 0 aliphatic heterocycles. The molecule has 2 aromatic rings. The Hall–Kier alpha value is -0.820. The first kappa shape index (κ1) is 18.5. The van der Waals surface area contributed by atoms with Crippen LogP contribution in [-0.2, 0) is 16.0 Å². The van der Waals surface area contributed by atoms with Gasteiger partial charge in [-0.2, -0.15) is 0 Å². The van der Waals surface area contributed by atoms with Gasteiger partial charge in [-0.05, 0) is 17.7 Å². The highest BCUT2D eigenvalue weighted by atomic mass is 35.5. The van der Waals surface area contributed by atoms with Crippen molar-refractivity contribution in [1.29, 1.82) is 0 Å². The summed E-state index contributed by atoms with van der Waals surface area (Å²) in [4.78, 5) is 11.9. The fraction of sp³-hybridized carbons (Fsp3) is 0.400. The molecular formula is C15H17Cl2N3OS2. The van der Waals surface area contributed by atoms with Crippen LogP contribution in [-0.4, -0.2) is 21.9 Å². The normalized spacial score (nSPS) is 11.5. The van der Waals surface area contributed by atoms with Crippen LogP contribution in [0.15, 0.2) is 18.2 Å². The van der Waals surface area contributed by atoms with Crippen LogP contribution in [0, 0.1) is 0 Å². The summed E-state index contributed by atoms with van der Waals surface area (Å²) in [7, 11) is 0. The van der Waals surface area contributed by atoms with Gasteiger partial charge < -0.3 is 0 Å². The maximum Gasteiger partial charge on any atom is 0.236 e. The molecule has 0 fully saturated rings. The standard InChI is InChI=1S/C15H17Cl2N3OS2/c1-15(2,3)13-19-20-14(23-13)18-12(21)8-22-7-9-4-5-10(16)11(17)6-9/h4-6H,7-8H2,1-3H3,(H,18,20,21). The van der Waals surface area contributed by atoms with Crippen LogP contribution in [0.25, 0.3) is 0 Å². The number of hydrogen-bond acceptors (Lipinski definition) is 5. The summed E-state index contributed by atoms with van der Waals surface area (Å²) in [6.45, 7) is 6.19. The van der Waals surface area contributed by atoms with Crippen LogP contribution in [0.2, 0.25) is 10.0 Å². The molecule has 0 spiro atoms. The highest BCUT2D eigenvalue weighted by Gasteiger charge is 2.19. The summed E-state index contributed by atoms with van der Waals surface area (Å²) in [5, 5.41) is 13.4. The second kappa shape index (κ2) is 7.83. The molecule has 0 radical (unpaired) electrons. The van der Waals surface area contributed by atoms with Crippen molar-refractivity contribution >= 4 is 57.3 Å². The Morgan fingerprint density at radius 1 is 1.26 bits per heavy atom. The van der Waals surface area contributed by atoms with Crippen molar-refractivity contribution in [2.75, 3.05) is 11.1 Å². The van der Waals surface area contributed by atoms with Gasteiger partial charge in [0.15, 0.2) is 0 Å². The zero-order chi connectivity index (χ0) is 17.0. The Kier molecular flexibility index (Phi) is 6.31. The van der Waals surface area contributed by atoms with Crippen molar-refractivity contribution in [2.24, 2.45) is 0 Å². The molecule has 0 saturated carbocycles. The van der Waals surface area contributed by atoms with Crippen molar-refractivity contribution in [3.8, 4) is 0 Å². The third-order valence-electron chi connectivity index (χ3n) is 2.80. The molecule has 0 saturated heterocycles. The van der Waals surface area contributed by atoms with Gasteiger partial charge in [0.1, 0.15) is 5.01 Å². The van der Waals surface area contributed by atoms with Gasteiger partial charge in [-0.25, -0.2) is 0 Å². The maximum absolute atomic E-state index is 11.9. The van der Waals surface area contributed by atoms with Crippen LogP contribution < -0.4 is 5.32 Å². The lowest BCUT2D eigenvalue weighted by Crippen LogP contribution is -2.14. The van der Waals surface area contributed by atoms with E-state index in [0.717, 1.165) is 10.6 Å². The Morgan fingerprint density at radius 3 is 2.61 bits per heavy atom. The molecule has 23 heavy (non-hydrogen) atoms. The average molecular weight is 390 g/mol. The molecule has 8 heteroatoms. The monoisotopic (exact) mass is 389 g/mol. The Morgan fingerprint density at radius 2 is 2.00 bits per heavy atom. The number of nitrogens with one attached hydrogen (secondary N) is 1. The Balaban J connectivity index is 1.81. The van der Waals surface area contributed by atoms with Gasteiger partial charge in [0.05, 0.1) is 15.8 Å². The lowest BCUT2D eigenvalue weighted by Gasteiger charge is -2.12. The van der Waals surface area contributed by atoms with Crippen molar-refractivity contribution in [1.82, 2.24) is 10.2 Å². The molecule has 1 aromatic heterocycles. The number of amides is 1. The minimum Gasteiger partial charge on any atom is -0.300 e. The molecule has 124 valence electrons. The number of anilines is 1. The second-order valence-corrected chi connectivity index (χ2v) is 8.73. The number of thioether (sulfide) groups is 1. The van der Waals surface area contributed by atoms with Crippen LogP contribution in [0.4, 0.5) is 5.13 Å². The number of nitrogens with zero attached hydrogens (tertiary/aromatic N) is 2. The molecule has 1 amide bonds. The average Bonchev–Trinajstić information content (AvgIpc) is 2.91. The first-order valence-corrected chi connectivity index (χ1v) is 9.64. The van der Waals surface area contributed by atoms with E-state index in [-0.39, 0.29) is 11.3 Å². The predicted octanol–water partition coefficient (Wildman–Crippen LogP) is 5.01. The summed E-state index contributed by atoms with van der Waals surface area (Å²) in [5.41, 5.74) is 0.964. The minimum absolute atomic E-state index is 0.0662. The second-order valence-electron chi connectivity index (χ2n) is 5.95. The van der Waals surface area contributed by atoms with E-state index in [4.69, 9.17) is 23.2 Å². The van der Waals surface area contributed by atoms with Gasteiger partial charge in [0, 0.05) is 11.2 Å². The Bertz CT molecular complexity index is 698. The molecule has 0 atom stereocenters. The van der Waals surface area contributed by atoms with Crippen molar-refractivity contribution in [3.63, 3.8) is 0 Å². The lowest BCUT2D eigenvalue weighted by molar-refractivity contribution is -0.113. The topological polar surface area (TPSA) is 54.9 Å². The molecule has 1 aromatic carbocycles. The smallest absolute Gasteiger partial charge is 0.236 e. The maximum atomic E-state index is 11.9. The van der Waals surface area contributed by atoms with Gasteiger partial charge in [0.2, 0.25) is 11.0 Å². The van der Waals surface area contributed by atoms with Gasteiger partial charge in [0.25, 0.3) is 0 Å². The van der Waals surface area contributed by atoms with Gasteiger partial charge in [-0.3, -0.25) is 10.1 Å². The molecule has 0 aliphatic rings. The third kappa shape index (κ3) is 5.64. The fourth-order valence-corrected chi connectivity index (χ4v) is 3.54. The van der Waals surface area contributed by atoms with Crippen LogP contribution in [0.3, 0.4) is 0 Å². The van der Waals surface area contributed by atoms with Crippen molar-refractivity contribution < 1.29 is 4.79 Å². The molecule has 0 bridgehead atoms. The summed E-state index contributed by atoms with van der Waals surface area (Å²) in [5.74, 6) is 0.935. The van der Waals surface area contributed by atoms with Crippen molar-refractivity contribution in [3.05, 3.63) is 38.8 Å². The van der Waals surface area contributed by atoms with E-state index in [1.165, 1.54) is 23.1 Å². The summed E-state index contributed by atoms with van der Waals surface area (Å²) in [6, 6.07) is 5.48. The van der Waals surface area contributed by atoms with Crippen LogP contribution >= 0.6 is 46.3 Å². The van der Waals surface area contributed by atoms with Crippen LogP contribution in [0.1, 0.15) is 31.3 Å². The number of carbonyl (C=O) groups is 1. The van der Waals surface area contributed by atoms with Gasteiger partial charge in [-0.15, -0.1) is 22.0 Å². The van der Waals surface area contributed by atoms with E-state index in [2.05, 4.69) is 36.3 Å². The number of aromatic nitrogens is 2. The van der Waals surface area contributed by atoms with Crippen LogP contribution in [0.5, 0.6) is 0 Å². The quantitative estimate of drug-likeness (QED) is 0.779. The van der Waals surface area contributed by atoms with Gasteiger partial charge >= 0.3 is 0 Å².